The number of aliphatic hydroxyl groups is 1. The number of carbonyl (C=O) groups excluding carboxylic acids is 4. The monoisotopic (exact) mass is 612 g/mol. The first-order chi connectivity index (χ1) is 20.0. The molecule has 0 aromatic heterocycles. The Kier molecular flexibility index (Phi) is 18.4. The Labute approximate surface area is 256 Å². The molecule has 0 aliphatic heterocycles. The van der Waals surface area contributed by atoms with E-state index in [1.165, 1.54) is 26.9 Å². The first kappa shape index (κ1) is 39.8. The molecule has 0 aromatic carbocycles. The Hall–Kier alpha value is -3.21. The molecular formula is C32H52O11. The van der Waals surface area contributed by atoms with Crippen LogP contribution in [0.1, 0.15) is 80.6 Å². The molecule has 0 fully saturated rings. The lowest BCUT2D eigenvalue weighted by Crippen LogP contribution is -2.49. The van der Waals surface area contributed by atoms with Crippen molar-refractivity contribution in [1.82, 2.24) is 0 Å². The highest BCUT2D eigenvalue weighted by Crippen LogP contribution is 2.27. The summed E-state index contributed by atoms with van der Waals surface area (Å²) < 4.78 is 18.9. The standard InChI is InChI=1S/C32H52O11/c1-11-18(2)12-19(3)13-20(4)14-21(5)15-22(6)16-24(30(37)40-8)17-23(7)29(36)43-27(28(34)35)25(31(38)41-9)26(33)32(39)42-10/h15-16,18-21,23,25-27,33H,11-14,17H2,1-10H3,(H,34,35). The Morgan fingerprint density at radius 2 is 1.30 bits per heavy atom. The molecule has 8 unspecified atom stereocenters. The number of aliphatic hydroxyl groups excluding tert-OH is 1. The van der Waals surface area contributed by atoms with Gasteiger partial charge in [0.1, 0.15) is 5.92 Å². The molecule has 0 amide bonds. The van der Waals surface area contributed by atoms with Gasteiger partial charge in [-0.15, -0.1) is 0 Å². The molecule has 8 atom stereocenters. The highest BCUT2D eigenvalue weighted by Gasteiger charge is 2.46. The SMILES string of the molecule is CCC(C)CC(C)CC(C)CC(C)C=C(C)C=C(CC(C)C(=O)OC(C(=O)O)C(C(=O)OC)C(O)C(=O)OC)C(=O)OC. The molecule has 0 saturated heterocycles. The first-order valence-corrected chi connectivity index (χ1v) is 14.8. The van der Waals surface area contributed by atoms with Gasteiger partial charge in [-0.3, -0.25) is 9.59 Å². The van der Waals surface area contributed by atoms with Gasteiger partial charge in [0.2, 0.25) is 6.10 Å². The summed E-state index contributed by atoms with van der Waals surface area (Å²) in [6.07, 6.45) is 3.47. The zero-order valence-electron chi connectivity index (χ0n) is 27.4. The maximum absolute atomic E-state index is 12.9. The zero-order valence-corrected chi connectivity index (χ0v) is 27.4. The lowest BCUT2D eigenvalue weighted by atomic mass is 9.84. The van der Waals surface area contributed by atoms with E-state index in [1.54, 1.807) is 6.08 Å². The minimum absolute atomic E-state index is 0.161. The van der Waals surface area contributed by atoms with E-state index in [4.69, 9.17) is 9.47 Å². The van der Waals surface area contributed by atoms with Crippen LogP contribution < -0.4 is 0 Å². The van der Waals surface area contributed by atoms with Gasteiger partial charge in [0.25, 0.3) is 0 Å². The highest BCUT2D eigenvalue weighted by molar-refractivity contribution is 5.91. The molecule has 0 aliphatic carbocycles. The topological polar surface area (TPSA) is 163 Å². The molecule has 0 bridgehead atoms. The number of ether oxygens (including phenoxy) is 4. The Morgan fingerprint density at radius 3 is 1.79 bits per heavy atom. The second-order valence-electron chi connectivity index (χ2n) is 11.8. The maximum Gasteiger partial charge on any atom is 0.346 e. The fourth-order valence-electron chi connectivity index (χ4n) is 5.29. The van der Waals surface area contributed by atoms with Crippen molar-refractivity contribution in [3.63, 3.8) is 0 Å². The van der Waals surface area contributed by atoms with Gasteiger partial charge in [0.05, 0.1) is 27.2 Å². The molecule has 246 valence electrons. The van der Waals surface area contributed by atoms with Crippen molar-refractivity contribution in [3.8, 4) is 0 Å². The van der Waals surface area contributed by atoms with E-state index < -0.39 is 53.9 Å². The van der Waals surface area contributed by atoms with E-state index in [9.17, 15) is 34.2 Å². The number of carboxylic acids is 1. The number of aliphatic carboxylic acids is 1. The second kappa shape index (κ2) is 19.9. The van der Waals surface area contributed by atoms with Crippen molar-refractivity contribution < 1.29 is 53.1 Å². The quantitative estimate of drug-likeness (QED) is 0.0914. The Morgan fingerprint density at radius 1 is 0.767 bits per heavy atom. The number of hydrogen-bond donors (Lipinski definition) is 2. The van der Waals surface area contributed by atoms with E-state index in [0.29, 0.717) is 17.8 Å². The van der Waals surface area contributed by atoms with Crippen molar-refractivity contribution >= 4 is 29.8 Å². The maximum atomic E-state index is 12.9. The number of rotatable bonds is 19. The van der Waals surface area contributed by atoms with Crippen LogP contribution in [-0.2, 0) is 42.9 Å². The van der Waals surface area contributed by atoms with Gasteiger partial charge in [0.15, 0.2) is 6.10 Å². The summed E-state index contributed by atoms with van der Waals surface area (Å²) in [5.74, 6) is -7.20. The average molecular weight is 613 g/mol. The van der Waals surface area contributed by atoms with E-state index in [2.05, 4.69) is 50.2 Å². The van der Waals surface area contributed by atoms with Gasteiger partial charge in [-0.05, 0) is 62.4 Å². The van der Waals surface area contributed by atoms with Gasteiger partial charge in [-0.2, -0.15) is 0 Å². The minimum atomic E-state index is -2.27. The third-order valence-electron chi connectivity index (χ3n) is 7.47. The van der Waals surface area contributed by atoms with Gasteiger partial charge in [-0.1, -0.05) is 59.6 Å². The predicted octanol–water partition coefficient (Wildman–Crippen LogP) is 4.50. The van der Waals surface area contributed by atoms with Crippen molar-refractivity contribution in [1.29, 1.82) is 0 Å². The van der Waals surface area contributed by atoms with Crippen LogP contribution in [0.2, 0.25) is 0 Å². The van der Waals surface area contributed by atoms with Crippen molar-refractivity contribution in [3.05, 3.63) is 23.3 Å². The number of carbonyl (C=O) groups is 5. The van der Waals surface area contributed by atoms with E-state index in [-0.39, 0.29) is 17.9 Å². The second-order valence-corrected chi connectivity index (χ2v) is 11.8. The lowest BCUT2D eigenvalue weighted by molar-refractivity contribution is -0.185. The number of carboxylic acid groups (broad SMARTS) is 1. The normalized spacial score (nSPS) is 17.7. The number of allylic oxidation sites excluding steroid dienone is 3. The summed E-state index contributed by atoms with van der Waals surface area (Å²) in [5.41, 5.74) is 0.956. The van der Waals surface area contributed by atoms with E-state index in [0.717, 1.165) is 32.6 Å². The Bertz CT molecular complexity index is 999. The minimum Gasteiger partial charge on any atom is -0.478 e. The molecule has 11 heteroatoms. The smallest absolute Gasteiger partial charge is 0.346 e. The van der Waals surface area contributed by atoms with Crippen molar-refractivity contribution in [2.75, 3.05) is 21.3 Å². The molecule has 11 nitrogen and oxygen atoms in total. The average Bonchev–Trinajstić information content (AvgIpc) is 2.94. The van der Waals surface area contributed by atoms with Crippen LogP contribution in [0.25, 0.3) is 0 Å². The molecule has 0 aromatic rings. The molecule has 0 saturated carbocycles. The van der Waals surface area contributed by atoms with Crippen LogP contribution in [0, 0.1) is 35.5 Å². The van der Waals surface area contributed by atoms with Crippen LogP contribution in [-0.4, -0.2) is 73.6 Å². The largest absolute Gasteiger partial charge is 0.478 e. The summed E-state index contributed by atoms with van der Waals surface area (Å²) in [6, 6.07) is 0. The number of esters is 4. The molecule has 43 heavy (non-hydrogen) atoms. The van der Waals surface area contributed by atoms with Crippen LogP contribution in [0.4, 0.5) is 0 Å². The van der Waals surface area contributed by atoms with Crippen LogP contribution in [0.5, 0.6) is 0 Å². The van der Waals surface area contributed by atoms with Crippen LogP contribution in [0.3, 0.4) is 0 Å². The van der Waals surface area contributed by atoms with Gasteiger partial charge >= 0.3 is 29.8 Å². The van der Waals surface area contributed by atoms with Gasteiger partial charge in [-0.25, -0.2) is 14.4 Å². The molecular weight excluding hydrogens is 560 g/mol. The summed E-state index contributed by atoms with van der Waals surface area (Å²) in [6.45, 7) is 14.4. The van der Waals surface area contributed by atoms with Crippen molar-refractivity contribution in [2.45, 2.75) is 92.8 Å². The molecule has 0 radical (unpaired) electrons. The van der Waals surface area contributed by atoms with Gasteiger partial charge < -0.3 is 29.2 Å². The molecule has 0 heterocycles. The fourth-order valence-corrected chi connectivity index (χ4v) is 5.29. The van der Waals surface area contributed by atoms with Crippen molar-refractivity contribution in [2.24, 2.45) is 35.5 Å². The first-order valence-electron chi connectivity index (χ1n) is 14.8. The Balaban J connectivity index is 5.75. The molecule has 2 N–H and O–H groups in total. The third-order valence-corrected chi connectivity index (χ3v) is 7.47. The van der Waals surface area contributed by atoms with E-state index in [1.807, 2.05) is 6.92 Å². The highest BCUT2D eigenvalue weighted by atomic mass is 16.6. The third kappa shape index (κ3) is 14.2. The summed E-state index contributed by atoms with van der Waals surface area (Å²) in [7, 11) is 3.05. The molecule has 0 rings (SSSR count). The summed E-state index contributed by atoms with van der Waals surface area (Å²) >= 11 is 0. The number of hydrogen-bond acceptors (Lipinski definition) is 10. The fraction of sp³-hybridized carbons (Fsp3) is 0.719. The van der Waals surface area contributed by atoms with Crippen LogP contribution in [0.15, 0.2) is 23.3 Å². The molecule has 0 aliphatic rings. The number of methoxy groups -OCH3 is 3. The predicted molar refractivity (Wildman–Crippen MR) is 159 cm³/mol. The lowest BCUT2D eigenvalue weighted by Gasteiger charge is -2.25. The molecule has 0 spiro atoms. The van der Waals surface area contributed by atoms with Crippen LogP contribution >= 0.6 is 0 Å². The summed E-state index contributed by atoms with van der Waals surface area (Å²) in [4.78, 5) is 61.5. The zero-order chi connectivity index (χ0) is 33.4. The summed E-state index contributed by atoms with van der Waals surface area (Å²) in [5, 5.41) is 19.9. The van der Waals surface area contributed by atoms with Gasteiger partial charge in [0, 0.05) is 5.57 Å². The van der Waals surface area contributed by atoms with E-state index >= 15 is 0 Å².